The Balaban J connectivity index is 2.17. The fourth-order valence-corrected chi connectivity index (χ4v) is 2.16. The number of nitrogens with two attached hydrogens (primary N) is 1. The first-order chi connectivity index (χ1) is 6.71. The third kappa shape index (κ3) is 1.80. The quantitative estimate of drug-likeness (QED) is 0.729. The van der Waals surface area contributed by atoms with Crippen molar-refractivity contribution in [2.75, 3.05) is 0 Å². The molecular formula is C12H16FN. The van der Waals surface area contributed by atoms with Crippen LogP contribution in [0.4, 0.5) is 4.39 Å². The van der Waals surface area contributed by atoms with E-state index in [9.17, 15) is 4.39 Å². The second-order valence-electron chi connectivity index (χ2n) is 4.20. The number of rotatable bonds is 1. The summed E-state index contributed by atoms with van der Waals surface area (Å²) >= 11 is 0. The van der Waals surface area contributed by atoms with Gasteiger partial charge in [0.2, 0.25) is 0 Å². The maximum absolute atomic E-state index is 13.0. The van der Waals surface area contributed by atoms with Gasteiger partial charge in [0.1, 0.15) is 6.17 Å². The lowest BCUT2D eigenvalue weighted by Crippen LogP contribution is -2.40. The van der Waals surface area contributed by atoms with Crippen molar-refractivity contribution in [1.29, 1.82) is 0 Å². The summed E-state index contributed by atoms with van der Waals surface area (Å²) in [7, 11) is 0. The SMILES string of the molecule is NC1(c2ccccc2)CCC(F)CC1. The zero-order chi connectivity index (χ0) is 10.0. The zero-order valence-corrected chi connectivity index (χ0v) is 8.25. The predicted octanol–water partition coefficient (Wildman–Crippen LogP) is 2.75. The first kappa shape index (κ1) is 9.66. The molecule has 0 bridgehead atoms. The standard InChI is InChI=1S/C12H16FN/c13-11-6-8-12(14,9-7-11)10-4-2-1-3-5-10/h1-5,11H,6-9,14H2. The molecule has 1 aliphatic carbocycles. The molecule has 14 heavy (non-hydrogen) atoms. The maximum Gasteiger partial charge on any atom is 0.100 e. The minimum absolute atomic E-state index is 0.288. The lowest BCUT2D eigenvalue weighted by atomic mass is 9.77. The molecule has 1 saturated carbocycles. The Morgan fingerprint density at radius 1 is 1.14 bits per heavy atom. The van der Waals surface area contributed by atoms with Gasteiger partial charge in [0, 0.05) is 5.54 Å². The third-order valence-electron chi connectivity index (χ3n) is 3.16. The fourth-order valence-electron chi connectivity index (χ4n) is 2.16. The van der Waals surface area contributed by atoms with Crippen molar-refractivity contribution in [2.45, 2.75) is 37.4 Å². The van der Waals surface area contributed by atoms with E-state index in [1.54, 1.807) is 0 Å². The third-order valence-corrected chi connectivity index (χ3v) is 3.16. The van der Waals surface area contributed by atoms with Gasteiger partial charge in [-0.15, -0.1) is 0 Å². The van der Waals surface area contributed by atoms with Gasteiger partial charge in [0.25, 0.3) is 0 Å². The van der Waals surface area contributed by atoms with E-state index in [1.807, 2.05) is 30.3 Å². The molecule has 1 nitrogen and oxygen atoms in total. The maximum atomic E-state index is 13.0. The Hall–Kier alpha value is -0.890. The Bertz CT molecular complexity index is 288. The predicted molar refractivity (Wildman–Crippen MR) is 55.7 cm³/mol. The van der Waals surface area contributed by atoms with Gasteiger partial charge in [-0.1, -0.05) is 30.3 Å². The molecule has 0 unspecified atom stereocenters. The van der Waals surface area contributed by atoms with Gasteiger partial charge >= 0.3 is 0 Å². The van der Waals surface area contributed by atoms with E-state index in [4.69, 9.17) is 5.73 Å². The molecule has 0 saturated heterocycles. The van der Waals surface area contributed by atoms with E-state index in [1.165, 1.54) is 0 Å². The normalized spacial score (nSPS) is 32.9. The Kier molecular flexibility index (Phi) is 2.55. The molecule has 1 aromatic rings. The van der Waals surface area contributed by atoms with Crippen LogP contribution in [0.25, 0.3) is 0 Å². The van der Waals surface area contributed by atoms with E-state index < -0.39 is 6.17 Å². The van der Waals surface area contributed by atoms with Gasteiger partial charge in [-0.05, 0) is 31.2 Å². The van der Waals surface area contributed by atoms with Gasteiger partial charge in [0.15, 0.2) is 0 Å². The van der Waals surface area contributed by atoms with Crippen molar-refractivity contribution in [3.63, 3.8) is 0 Å². The molecule has 0 amide bonds. The van der Waals surface area contributed by atoms with Gasteiger partial charge in [-0.2, -0.15) is 0 Å². The van der Waals surface area contributed by atoms with Crippen LogP contribution in [0.5, 0.6) is 0 Å². The second-order valence-corrected chi connectivity index (χ2v) is 4.20. The Morgan fingerprint density at radius 3 is 2.29 bits per heavy atom. The summed E-state index contributed by atoms with van der Waals surface area (Å²) in [5.74, 6) is 0. The van der Waals surface area contributed by atoms with Crippen LogP contribution in [-0.2, 0) is 5.54 Å². The summed E-state index contributed by atoms with van der Waals surface area (Å²) in [6.45, 7) is 0. The average molecular weight is 193 g/mol. The monoisotopic (exact) mass is 193 g/mol. The van der Waals surface area contributed by atoms with Crippen molar-refractivity contribution in [2.24, 2.45) is 5.73 Å². The minimum atomic E-state index is -0.643. The van der Waals surface area contributed by atoms with E-state index in [-0.39, 0.29) is 5.54 Å². The van der Waals surface area contributed by atoms with Crippen molar-refractivity contribution >= 4 is 0 Å². The minimum Gasteiger partial charge on any atom is -0.321 e. The summed E-state index contributed by atoms with van der Waals surface area (Å²) in [6.07, 6.45) is 2.09. The molecule has 2 N–H and O–H groups in total. The number of halogens is 1. The van der Waals surface area contributed by atoms with Crippen LogP contribution in [-0.4, -0.2) is 6.17 Å². The van der Waals surface area contributed by atoms with Crippen molar-refractivity contribution in [1.82, 2.24) is 0 Å². The average Bonchev–Trinajstić information content (AvgIpc) is 2.24. The summed E-state index contributed by atoms with van der Waals surface area (Å²) < 4.78 is 13.0. The number of hydrogen-bond acceptors (Lipinski definition) is 1. The summed E-state index contributed by atoms with van der Waals surface area (Å²) in [6, 6.07) is 10.0. The number of benzene rings is 1. The van der Waals surface area contributed by atoms with E-state index in [0.717, 1.165) is 18.4 Å². The van der Waals surface area contributed by atoms with Crippen LogP contribution in [0.3, 0.4) is 0 Å². The van der Waals surface area contributed by atoms with Crippen molar-refractivity contribution in [3.05, 3.63) is 35.9 Å². The lowest BCUT2D eigenvalue weighted by Gasteiger charge is -2.35. The van der Waals surface area contributed by atoms with Gasteiger partial charge in [-0.3, -0.25) is 0 Å². The lowest BCUT2D eigenvalue weighted by molar-refractivity contribution is 0.183. The highest BCUT2D eigenvalue weighted by Crippen LogP contribution is 2.35. The van der Waals surface area contributed by atoms with Crippen molar-refractivity contribution < 1.29 is 4.39 Å². The molecule has 0 aromatic heterocycles. The molecule has 0 aliphatic heterocycles. The van der Waals surface area contributed by atoms with E-state index in [0.29, 0.717) is 12.8 Å². The van der Waals surface area contributed by atoms with Crippen LogP contribution in [0.1, 0.15) is 31.2 Å². The van der Waals surface area contributed by atoms with Crippen LogP contribution in [0.2, 0.25) is 0 Å². The molecule has 1 fully saturated rings. The topological polar surface area (TPSA) is 26.0 Å². The molecule has 2 heteroatoms. The molecule has 76 valence electrons. The highest BCUT2D eigenvalue weighted by atomic mass is 19.1. The highest BCUT2D eigenvalue weighted by Gasteiger charge is 2.32. The van der Waals surface area contributed by atoms with Crippen LogP contribution in [0.15, 0.2) is 30.3 Å². The molecule has 0 spiro atoms. The molecule has 0 radical (unpaired) electrons. The smallest absolute Gasteiger partial charge is 0.100 e. The Labute approximate surface area is 84.1 Å². The molecule has 0 heterocycles. The zero-order valence-electron chi connectivity index (χ0n) is 8.25. The first-order valence-corrected chi connectivity index (χ1v) is 5.19. The molecule has 2 rings (SSSR count). The molecular weight excluding hydrogens is 177 g/mol. The summed E-state index contributed by atoms with van der Waals surface area (Å²) in [5, 5.41) is 0. The van der Waals surface area contributed by atoms with Crippen molar-refractivity contribution in [3.8, 4) is 0 Å². The van der Waals surface area contributed by atoms with Crippen LogP contribution < -0.4 is 5.73 Å². The van der Waals surface area contributed by atoms with Crippen LogP contribution >= 0.6 is 0 Å². The summed E-state index contributed by atoms with van der Waals surface area (Å²) in [5.41, 5.74) is 7.13. The van der Waals surface area contributed by atoms with Gasteiger partial charge in [0.05, 0.1) is 0 Å². The second kappa shape index (κ2) is 3.70. The molecule has 1 aromatic carbocycles. The number of hydrogen-bond donors (Lipinski definition) is 1. The van der Waals surface area contributed by atoms with Gasteiger partial charge < -0.3 is 5.73 Å². The first-order valence-electron chi connectivity index (χ1n) is 5.19. The van der Waals surface area contributed by atoms with Crippen LogP contribution in [0, 0.1) is 0 Å². The van der Waals surface area contributed by atoms with Gasteiger partial charge in [-0.25, -0.2) is 4.39 Å². The Morgan fingerprint density at radius 2 is 1.71 bits per heavy atom. The van der Waals surface area contributed by atoms with E-state index in [2.05, 4.69) is 0 Å². The highest BCUT2D eigenvalue weighted by molar-refractivity contribution is 5.24. The largest absolute Gasteiger partial charge is 0.321 e. The molecule has 0 atom stereocenters. The summed E-state index contributed by atoms with van der Waals surface area (Å²) in [4.78, 5) is 0. The fraction of sp³-hybridized carbons (Fsp3) is 0.500. The molecule has 1 aliphatic rings. The van der Waals surface area contributed by atoms with E-state index >= 15 is 0 Å². The number of alkyl halides is 1.